The van der Waals surface area contributed by atoms with Crippen molar-refractivity contribution in [2.24, 2.45) is 4.99 Å². The van der Waals surface area contributed by atoms with Crippen molar-refractivity contribution in [2.45, 2.75) is 18.9 Å². The van der Waals surface area contributed by atoms with Gasteiger partial charge in [-0.1, -0.05) is 12.1 Å². The third-order valence-corrected chi connectivity index (χ3v) is 3.38. The van der Waals surface area contributed by atoms with Crippen molar-refractivity contribution in [2.75, 3.05) is 24.5 Å². The number of nitrogens with zero attached hydrogens (tertiary/aromatic N) is 2. The third kappa shape index (κ3) is 1.83. The Morgan fingerprint density at radius 3 is 2.75 bits per heavy atom. The van der Waals surface area contributed by atoms with Crippen LogP contribution in [0.2, 0.25) is 0 Å². The highest BCUT2D eigenvalue weighted by Crippen LogP contribution is 2.25. The fraction of sp³-hybridized carbons (Fsp3) is 0.462. The maximum Gasteiger partial charge on any atom is 0.0895 e. The lowest BCUT2D eigenvalue weighted by Gasteiger charge is -2.16. The van der Waals surface area contributed by atoms with E-state index in [2.05, 4.69) is 39.5 Å². The van der Waals surface area contributed by atoms with Crippen molar-refractivity contribution in [3.05, 3.63) is 29.8 Å². The summed E-state index contributed by atoms with van der Waals surface area (Å²) in [5.41, 5.74) is 2.67. The molecule has 3 rings (SSSR count). The van der Waals surface area contributed by atoms with Crippen molar-refractivity contribution in [1.82, 2.24) is 5.32 Å². The molecule has 3 nitrogen and oxygen atoms in total. The van der Waals surface area contributed by atoms with Crippen molar-refractivity contribution >= 4 is 12.0 Å². The van der Waals surface area contributed by atoms with Crippen LogP contribution in [-0.4, -0.2) is 26.0 Å². The van der Waals surface area contributed by atoms with Gasteiger partial charge in [0.2, 0.25) is 0 Å². The van der Waals surface area contributed by atoms with Gasteiger partial charge in [-0.3, -0.25) is 4.99 Å². The molecular formula is C13H17N3. The highest BCUT2D eigenvalue weighted by atomic mass is 15.2. The topological polar surface area (TPSA) is 27.6 Å². The van der Waals surface area contributed by atoms with Crippen LogP contribution >= 0.6 is 0 Å². The molecule has 1 N–H and O–H groups in total. The number of hydrogen-bond donors (Lipinski definition) is 1. The van der Waals surface area contributed by atoms with Gasteiger partial charge >= 0.3 is 0 Å². The van der Waals surface area contributed by atoms with E-state index < -0.39 is 0 Å². The lowest BCUT2D eigenvalue weighted by Crippen LogP contribution is -2.18. The summed E-state index contributed by atoms with van der Waals surface area (Å²) < 4.78 is 0. The minimum absolute atomic E-state index is 0.571. The quantitative estimate of drug-likeness (QED) is 0.816. The van der Waals surface area contributed by atoms with Crippen LogP contribution in [0.25, 0.3) is 0 Å². The molecule has 1 atom stereocenters. The van der Waals surface area contributed by atoms with Gasteiger partial charge in [-0.25, -0.2) is 0 Å². The van der Waals surface area contributed by atoms with Crippen molar-refractivity contribution in [1.29, 1.82) is 0 Å². The van der Waals surface area contributed by atoms with Crippen molar-refractivity contribution in [3.8, 4) is 0 Å². The number of nitrogens with one attached hydrogen (secondary N) is 1. The number of anilines is 1. The number of rotatable bonds is 2. The zero-order chi connectivity index (χ0) is 10.8. The molecule has 1 unspecified atom stereocenters. The number of hydrogen-bond acceptors (Lipinski definition) is 3. The van der Waals surface area contributed by atoms with Crippen LogP contribution in [0, 0.1) is 0 Å². The lowest BCUT2D eigenvalue weighted by atomic mass is 10.1. The van der Waals surface area contributed by atoms with Gasteiger partial charge in [0.05, 0.1) is 12.9 Å². The maximum absolute atomic E-state index is 4.23. The van der Waals surface area contributed by atoms with E-state index in [9.17, 15) is 0 Å². The monoisotopic (exact) mass is 215 g/mol. The van der Waals surface area contributed by atoms with Crippen LogP contribution in [0.3, 0.4) is 0 Å². The summed E-state index contributed by atoms with van der Waals surface area (Å²) in [4.78, 5) is 6.43. The molecule has 84 valence electrons. The molecule has 0 bridgehead atoms. The molecule has 0 aromatic heterocycles. The molecule has 16 heavy (non-hydrogen) atoms. The summed E-state index contributed by atoms with van der Waals surface area (Å²) in [5, 5.41) is 3.52. The van der Waals surface area contributed by atoms with E-state index in [0.717, 1.165) is 19.6 Å². The number of benzene rings is 1. The molecule has 1 aromatic carbocycles. The Morgan fingerprint density at radius 2 is 2.12 bits per heavy atom. The van der Waals surface area contributed by atoms with Crippen LogP contribution < -0.4 is 10.2 Å². The van der Waals surface area contributed by atoms with Gasteiger partial charge in [-0.15, -0.1) is 0 Å². The molecule has 1 fully saturated rings. The molecule has 0 spiro atoms. The molecule has 1 saturated heterocycles. The first-order chi connectivity index (χ1) is 7.93. The van der Waals surface area contributed by atoms with E-state index >= 15 is 0 Å². The van der Waals surface area contributed by atoms with Gasteiger partial charge in [0.25, 0.3) is 0 Å². The third-order valence-electron chi connectivity index (χ3n) is 3.38. The molecule has 3 heteroatoms. The first-order valence-corrected chi connectivity index (χ1v) is 6.03. The van der Waals surface area contributed by atoms with Crippen LogP contribution in [0.5, 0.6) is 0 Å². The van der Waals surface area contributed by atoms with Gasteiger partial charge in [-0.05, 0) is 37.1 Å². The smallest absolute Gasteiger partial charge is 0.0895 e. The summed E-state index contributed by atoms with van der Waals surface area (Å²) in [7, 11) is 0. The standard InChI is InChI=1S/C13H17N3/c1-2-13(15-7-1)11-3-5-12(6-4-11)16-9-8-14-10-16/h3-6,10,13,15H,1-2,7-9H2. The van der Waals surface area contributed by atoms with E-state index in [1.54, 1.807) is 0 Å². The second kappa shape index (κ2) is 4.26. The molecule has 0 radical (unpaired) electrons. The zero-order valence-corrected chi connectivity index (χ0v) is 9.39. The molecule has 0 aliphatic carbocycles. The summed E-state index contributed by atoms with van der Waals surface area (Å²) in [6.07, 6.45) is 4.50. The second-order valence-corrected chi connectivity index (χ2v) is 4.46. The fourth-order valence-corrected chi connectivity index (χ4v) is 2.44. The highest BCUT2D eigenvalue weighted by Gasteiger charge is 2.16. The Morgan fingerprint density at radius 1 is 1.25 bits per heavy atom. The predicted octanol–water partition coefficient (Wildman–Crippen LogP) is 1.96. The molecule has 2 aliphatic rings. The molecule has 1 aromatic rings. The van der Waals surface area contributed by atoms with Crippen LogP contribution in [0.4, 0.5) is 5.69 Å². The molecule has 0 saturated carbocycles. The highest BCUT2D eigenvalue weighted by molar-refractivity contribution is 5.80. The van der Waals surface area contributed by atoms with Crippen LogP contribution in [0.1, 0.15) is 24.4 Å². The zero-order valence-electron chi connectivity index (χ0n) is 9.39. The minimum Gasteiger partial charge on any atom is -0.331 e. The largest absolute Gasteiger partial charge is 0.331 e. The van der Waals surface area contributed by atoms with E-state index in [0.29, 0.717) is 6.04 Å². The number of aliphatic imine (C=N–C) groups is 1. The molecule has 2 aliphatic heterocycles. The Bertz CT molecular complexity index is 377. The maximum atomic E-state index is 4.23. The average Bonchev–Trinajstić information content (AvgIpc) is 3.03. The van der Waals surface area contributed by atoms with E-state index in [1.165, 1.54) is 24.1 Å². The summed E-state index contributed by atoms with van der Waals surface area (Å²) in [6.45, 7) is 3.10. The second-order valence-electron chi connectivity index (χ2n) is 4.46. The summed E-state index contributed by atoms with van der Waals surface area (Å²) in [6, 6.07) is 9.45. The van der Waals surface area contributed by atoms with Gasteiger partial charge in [0.15, 0.2) is 0 Å². The van der Waals surface area contributed by atoms with E-state index in [4.69, 9.17) is 0 Å². The minimum atomic E-state index is 0.571. The molecular weight excluding hydrogens is 198 g/mol. The van der Waals surface area contributed by atoms with Gasteiger partial charge < -0.3 is 10.2 Å². The van der Waals surface area contributed by atoms with Gasteiger partial charge in [0, 0.05) is 18.3 Å². The van der Waals surface area contributed by atoms with Gasteiger partial charge in [-0.2, -0.15) is 0 Å². The molecule has 2 heterocycles. The average molecular weight is 215 g/mol. The Balaban J connectivity index is 1.76. The van der Waals surface area contributed by atoms with Gasteiger partial charge in [0.1, 0.15) is 0 Å². The lowest BCUT2D eigenvalue weighted by molar-refractivity contribution is 0.648. The Kier molecular flexibility index (Phi) is 2.62. The molecule has 0 amide bonds. The van der Waals surface area contributed by atoms with Crippen molar-refractivity contribution in [3.63, 3.8) is 0 Å². The first-order valence-electron chi connectivity index (χ1n) is 6.03. The first kappa shape index (κ1) is 9.85. The summed E-state index contributed by atoms with van der Waals surface area (Å²) in [5.74, 6) is 0. The fourth-order valence-electron chi connectivity index (χ4n) is 2.44. The summed E-state index contributed by atoms with van der Waals surface area (Å²) >= 11 is 0. The Hall–Kier alpha value is -1.35. The SMILES string of the molecule is C1=NCCN1c1ccc(C2CCCN2)cc1. The van der Waals surface area contributed by atoms with Crippen LogP contribution in [-0.2, 0) is 0 Å². The van der Waals surface area contributed by atoms with E-state index in [1.807, 2.05) is 6.34 Å². The Labute approximate surface area is 96.2 Å². The van der Waals surface area contributed by atoms with E-state index in [-0.39, 0.29) is 0 Å². The van der Waals surface area contributed by atoms with Crippen LogP contribution in [0.15, 0.2) is 29.3 Å². The normalized spacial score (nSPS) is 24.2. The predicted molar refractivity (Wildman–Crippen MR) is 67.1 cm³/mol. The van der Waals surface area contributed by atoms with Crippen molar-refractivity contribution < 1.29 is 0 Å².